The smallest absolute Gasteiger partial charge is 0.306 e. The summed E-state index contributed by atoms with van der Waals surface area (Å²) in [5.41, 5.74) is 9.75. The van der Waals surface area contributed by atoms with E-state index in [0.717, 1.165) is 33.2 Å². The third-order valence-electron chi connectivity index (χ3n) is 4.28. The van der Waals surface area contributed by atoms with E-state index in [4.69, 9.17) is 10.5 Å². The summed E-state index contributed by atoms with van der Waals surface area (Å²) in [5.74, 6) is -0.106. The quantitative estimate of drug-likeness (QED) is 0.579. The normalized spacial score (nSPS) is 12.1. The van der Waals surface area contributed by atoms with Crippen molar-refractivity contribution < 1.29 is 9.53 Å². The first-order chi connectivity index (χ1) is 11.6. The largest absolute Gasteiger partial charge is 0.469 e. The van der Waals surface area contributed by atoms with Crippen LogP contribution in [0.4, 0.5) is 5.69 Å². The van der Waals surface area contributed by atoms with E-state index in [1.54, 1.807) is 0 Å². The average Bonchev–Trinajstić information content (AvgIpc) is 2.61. The molecule has 2 aromatic carbocycles. The predicted molar refractivity (Wildman–Crippen MR) is 96.6 cm³/mol. The number of nitrogen functional groups attached to an aromatic ring is 1. The van der Waals surface area contributed by atoms with Gasteiger partial charge in [-0.25, -0.2) is 0 Å². The summed E-state index contributed by atoms with van der Waals surface area (Å²) in [6.07, 6.45) is 4.08. The molecule has 2 N–H and O–H groups in total. The number of hydrogen-bond acceptors (Lipinski definition) is 4. The van der Waals surface area contributed by atoms with Crippen molar-refractivity contribution in [3.63, 3.8) is 0 Å². The molecule has 0 fully saturated rings. The molecule has 1 aromatic heterocycles. The van der Waals surface area contributed by atoms with Gasteiger partial charge in [-0.05, 0) is 34.6 Å². The van der Waals surface area contributed by atoms with Crippen molar-refractivity contribution in [2.75, 3.05) is 12.8 Å². The molecule has 0 bridgehead atoms. The first kappa shape index (κ1) is 16.0. The Kier molecular flexibility index (Phi) is 4.47. The van der Waals surface area contributed by atoms with Gasteiger partial charge in [0.1, 0.15) is 0 Å². The molecule has 4 nitrogen and oxygen atoms in total. The molecule has 0 aliphatic heterocycles. The van der Waals surface area contributed by atoms with Crippen LogP contribution in [0.15, 0.2) is 54.9 Å². The van der Waals surface area contributed by atoms with Crippen molar-refractivity contribution in [3.8, 4) is 11.1 Å². The first-order valence-electron chi connectivity index (χ1n) is 7.89. The minimum atomic E-state index is -0.198. The number of benzene rings is 2. The number of nitrogens with zero attached hydrogens (tertiary/aromatic N) is 1. The van der Waals surface area contributed by atoms with Crippen LogP contribution in [0.25, 0.3) is 21.9 Å². The van der Waals surface area contributed by atoms with Gasteiger partial charge in [0.15, 0.2) is 0 Å². The minimum Gasteiger partial charge on any atom is -0.469 e. The number of fused-ring (bicyclic) bond motifs is 1. The van der Waals surface area contributed by atoms with Gasteiger partial charge in [0.05, 0.1) is 13.5 Å². The fourth-order valence-corrected chi connectivity index (χ4v) is 2.83. The van der Waals surface area contributed by atoms with E-state index in [2.05, 4.69) is 11.1 Å². The van der Waals surface area contributed by atoms with Gasteiger partial charge >= 0.3 is 5.97 Å². The lowest BCUT2D eigenvalue weighted by molar-refractivity contribution is -0.140. The first-order valence-corrected chi connectivity index (χ1v) is 7.89. The third-order valence-corrected chi connectivity index (χ3v) is 4.28. The van der Waals surface area contributed by atoms with Gasteiger partial charge < -0.3 is 10.5 Å². The van der Waals surface area contributed by atoms with Crippen LogP contribution in [0.1, 0.15) is 24.8 Å². The molecular formula is C20H20N2O2. The van der Waals surface area contributed by atoms with Gasteiger partial charge in [0.2, 0.25) is 0 Å². The molecule has 4 heteroatoms. The number of anilines is 1. The van der Waals surface area contributed by atoms with Crippen LogP contribution in [0.2, 0.25) is 0 Å². The second kappa shape index (κ2) is 6.71. The van der Waals surface area contributed by atoms with Crippen LogP contribution in [-0.4, -0.2) is 18.1 Å². The molecule has 0 saturated heterocycles. The van der Waals surface area contributed by atoms with E-state index >= 15 is 0 Å². The molecule has 3 aromatic rings. The Morgan fingerprint density at radius 3 is 2.62 bits per heavy atom. The van der Waals surface area contributed by atoms with Gasteiger partial charge in [-0.1, -0.05) is 37.3 Å². The maximum atomic E-state index is 11.5. The van der Waals surface area contributed by atoms with Crippen LogP contribution in [-0.2, 0) is 9.53 Å². The second-order valence-electron chi connectivity index (χ2n) is 5.97. The number of pyridine rings is 1. The Labute approximate surface area is 141 Å². The van der Waals surface area contributed by atoms with Crippen LogP contribution in [0, 0.1) is 0 Å². The summed E-state index contributed by atoms with van der Waals surface area (Å²) in [4.78, 5) is 15.9. The van der Waals surface area contributed by atoms with E-state index in [1.165, 1.54) is 7.11 Å². The zero-order valence-corrected chi connectivity index (χ0v) is 13.8. The van der Waals surface area contributed by atoms with Crippen molar-refractivity contribution in [3.05, 3.63) is 60.4 Å². The Bertz CT molecular complexity index is 872. The highest BCUT2D eigenvalue weighted by Crippen LogP contribution is 2.31. The highest BCUT2D eigenvalue weighted by Gasteiger charge is 2.13. The summed E-state index contributed by atoms with van der Waals surface area (Å²) >= 11 is 0. The number of nitrogens with two attached hydrogens (primary N) is 1. The Morgan fingerprint density at radius 2 is 1.92 bits per heavy atom. The van der Waals surface area contributed by atoms with Crippen molar-refractivity contribution >= 4 is 22.4 Å². The second-order valence-corrected chi connectivity index (χ2v) is 5.97. The summed E-state index contributed by atoms with van der Waals surface area (Å²) < 4.78 is 4.77. The van der Waals surface area contributed by atoms with E-state index < -0.39 is 0 Å². The highest BCUT2D eigenvalue weighted by molar-refractivity contribution is 5.96. The molecule has 0 spiro atoms. The van der Waals surface area contributed by atoms with Crippen LogP contribution in [0.5, 0.6) is 0 Å². The topological polar surface area (TPSA) is 65.2 Å². The van der Waals surface area contributed by atoms with Crippen LogP contribution < -0.4 is 5.73 Å². The lowest BCUT2D eigenvalue weighted by Gasteiger charge is -2.13. The number of rotatable bonds is 4. The number of ether oxygens (including phenoxy) is 1. The van der Waals surface area contributed by atoms with Crippen molar-refractivity contribution in [2.24, 2.45) is 0 Å². The lowest BCUT2D eigenvalue weighted by Crippen LogP contribution is -2.06. The number of methoxy groups -OCH3 is 1. The van der Waals surface area contributed by atoms with Crippen LogP contribution >= 0.6 is 0 Å². The molecule has 24 heavy (non-hydrogen) atoms. The van der Waals surface area contributed by atoms with Gasteiger partial charge in [-0.15, -0.1) is 0 Å². The van der Waals surface area contributed by atoms with Gasteiger partial charge in [-0.2, -0.15) is 0 Å². The molecule has 0 aliphatic rings. The number of aromatic nitrogens is 1. The summed E-state index contributed by atoms with van der Waals surface area (Å²) in [7, 11) is 1.42. The fraction of sp³-hybridized carbons (Fsp3) is 0.200. The maximum Gasteiger partial charge on any atom is 0.306 e. The maximum absolute atomic E-state index is 11.5. The van der Waals surface area contributed by atoms with Gasteiger partial charge in [-0.3, -0.25) is 9.78 Å². The average molecular weight is 320 g/mol. The number of carbonyl (C=O) groups is 1. The van der Waals surface area contributed by atoms with E-state index in [9.17, 15) is 4.79 Å². The standard InChI is InChI=1S/C20H20N2O2/c1-13(9-20(23)24-2)15-3-4-16-11-22-12-19(18(16)10-15)14-5-7-17(21)8-6-14/h3-8,10-13H,9,21H2,1-2H3. The SMILES string of the molecule is COC(=O)CC(C)c1ccc2cncc(-c3ccc(N)cc3)c2c1. The van der Waals surface area contributed by atoms with Crippen molar-refractivity contribution in [1.82, 2.24) is 4.98 Å². The molecule has 0 aliphatic carbocycles. The molecular weight excluding hydrogens is 300 g/mol. The third kappa shape index (κ3) is 3.23. The van der Waals surface area contributed by atoms with E-state index in [1.807, 2.05) is 55.7 Å². The Hall–Kier alpha value is -2.88. The monoisotopic (exact) mass is 320 g/mol. The molecule has 1 unspecified atom stereocenters. The summed E-state index contributed by atoms with van der Waals surface area (Å²) in [6, 6.07) is 14.0. The Morgan fingerprint density at radius 1 is 1.17 bits per heavy atom. The molecule has 0 saturated carbocycles. The predicted octanol–water partition coefficient (Wildman–Crippen LogP) is 4.15. The minimum absolute atomic E-state index is 0.0919. The van der Waals surface area contributed by atoms with E-state index in [0.29, 0.717) is 6.42 Å². The van der Waals surface area contributed by atoms with Crippen molar-refractivity contribution in [1.29, 1.82) is 0 Å². The number of esters is 1. The fourth-order valence-electron chi connectivity index (χ4n) is 2.83. The zero-order chi connectivity index (χ0) is 17.1. The molecule has 1 atom stereocenters. The molecule has 122 valence electrons. The molecule has 1 heterocycles. The zero-order valence-electron chi connectivity index (χ0n) is 13.8. The van der Waals surface area contributed by atoms with Gasteiger partial charge in [0.25, 0.3) is 0 Å². The van der Waals surface area contributed by atoms with E-state index in [-0.39, 0.29) is 11.9 Å². The summed E-state index contributed by atoms with van der Waals surface area (Å²) in [5, 5.41) is 2.18. The highest BCUT2D eigenvalue weighted by atomic mass is 16.5. The van der Waals surface area contributed by atoms with Gasteiger partial charge in [0, 0.05) is 29.0 Å². The molecule has 3 rings (SSSR count). The molecule has 0 amide bonds. The number of carbonyl (C=O) groups excluding carboxylic acids is 1. The summed E-state index contributed by atoms with van der Waals surface area (Å²) in [6.45, 7) is 2.03. The number of hydrogen-bond donors (Lipinski definition) is 1. The van der Waals surface area contributed by atoms with Crippen LogP contribution in [0.3, 0.4) is 0 Å². The lowest BCUT2D eigenvalue weighted by atomic mass is 9.93. The van der Waals surface area contributed by atoms with Crippen molar-refractivity contribution in [2.45, 2.75) is 19.3 Å². The Balaban J connectivity index is 2.06. The molecule has 0 radical (unpaired) electrons.